The zero-order chi connectivity index (χ0) is 19.8. The second-order valence-electron chi connectivity index (χ2n) is 6.15. The minimum atomic E-state index is -0.484. The maximum absolute atomic E-state index is 13.5. The highest BCUT2D eigenvalue weighted by Crippen LogP contribution is 2.28. The van der Waals surface area contributed by atoms with Crippen LogP contribution in [0.3, 0.4) is 0 Å². The number of aryl methyl sites for hydroxylation is 1. The lowest BCUT2D eigenvalue weighted by atomic mass is 10.2. The van der Waals surface area contributed by atoms with Gasteiger partial charge in [-0.2, -0.15) is 0 Å². The van der Waals surface area contributed by atoms with Gasteiger partial charge in [-0.1, -0.05) is 12.1 Å². The van der Waals surface area contributed by atoms with Crippen LogP contribution in [0.5, 0.6) is 0 Å². The second kappa shape index (κ2) is 7.08. The Morgan fingerprint density at radius 3 is 2.64 bits per heavy atom. The molecule has 0 saturated heterocycles. The van der Waals surface area contributed by atoms with Crippen molar-refractivity contribution in [2.24, 2.45) is 14.1 Å². The molecule has 9 heteroatoms. The van der Waals surface area contributed by atoms with Crippen molar-refractivity contribution in [1.29, 1.82) is 0 Å². The Balaban J connectivity index is 1.92. The first kappa shape index (κ1) is 18.2. The van der Waals surface area contributed by atoms with E-state index in [2.05, 4.69) is 9.97 Å². The summed E-state index contributed by atoms with van der Waals surface area (Å²) < 4.78 is 21.2. The number of hydrogen-bond donors (Lipinski definition) is 0. The quantitative estimate of drug-likeness (QED) is 0.388. The summed E-state index contributed by atoms with van der Waals surface area (Å²) in [6.45, 7) is 0. The van der Waals surface area contributed by atoms with Gasteiger partial charge in [-0.3, -0.25) is 13.9 Å². The van der Waals surface area contributed by atoms with Crippen LogP contribution in [0, 0.1) is 5.82 Å². The van der Waals surface area contributed by atoms with Gasteiger partial charge in [0, 0.05) is 19.8 Å². The summed E-state index contributed by atoms with van der Waals surface area (Å²) in [4.78, 5) is 34.0. The largest absolute Gasteiger partial charge is 0.461 e. The molecule has 1 aromatic carbocycles. The normalized spacial score (nSPS) is 11.2. The third kappa shape index (κ3) is 3.13. The van der Waals surface area contributed by atoms with Crippen molar-refractivity contribution in [3.63, 3.8) is 0 Å². The van der Waals surface area contributed by atoms with Crippen molar-refractivity contribution in [2.75, 3.05) is 0 Å². The van der Waals surface area contributed by atoms with Crippen LogP contribution in [-0.4, -0.2) is 19.1 Å². The van der Waals surface area contributed by atoms with Gasteiger partial charge >= 0.3 is 5.69 Å². The van der Waals surface area contributed by atoms with E-state index in [1.165, 1.54) is 41.8 Å². The van der Waals surface area contributed by atoms with Crippen molar-refractivity contribution in [3.05, 3.63) is 74.9 Å². The fourth-order valence-electron chi connectivity index (χ4n) is 2.83. The van der Waals surface area contributed by atoms with Crippen LogP contribution < -0.4 is 11.2 Å². The Hall–Kier alpha value is -3.20. The topological polar surface area (TPSA) is 82.9 Å². The van der Waals surface area contributed by atoms with Crippen LogP contribution in [-0.2, 0) is 19.8 Å². The number of fused-ring (bicyclic) bond motifs is 1. The van der Waals surface area contributed by atoms with Crippen LogP contribution in [0.4, 0.5) is 4.39 Å². The minimum absolute atomic E-state index is 0.219. The number of halogens is 1. The van der Waals surface area contributed by atoms with Crippen molar-refractivity contribution in [3.8, 4) is 11.6 Å². The predicted octanol–water partition coefficient (Wildman–Crippen LogP) is 2.72. The summed E-state index contributed by atoms with van der Waals surface area (Å²) in [7, 11) is 2.95. The van der Waals surface area contributed by atoms with E-state index in [-0.39, 0.29) is 22.7 Å². The van der Waals surface area contributed by atoms with Crippen LogP contribution in [0.25, 0.3) is 22.6 Å². The smallest absolute Gasteiger partial charge is 0.332 e. The van der Waals surface area contributed by atoms with Crippen LogP contribution >= 0.6 is 11.8 Å². The molecule has 142 valence electrons. The molecule has 0 unspecified atom stereocenters. The van der Waals surface area contributed by atoms with Crippen molar-refractivity contribution >= 4 is 22.8 Å². The van der Waals surface area contributed by atoms with E-state index in [1.54, 1.807) is 31.3 Å². The van der Waals surface area contributed by atoms with Gasteiger partial charge in [0.25, 0.3) is 5.56 Å². The number of thioether (sulfide) groups is 1. The molecule has 0 aliphatic rings. The molecule has 0 radical (unpaired) electrons. The first-order chi connectivity index (χ1) is 13.5. The van der Waals surface area contributed by atoms with E-state index in [0.29, 0.717) is 16.5 Å². The highest BCUT2D eigenvalue weighted by molar-refractivity contribution is 7.98. The van der Waals surface area contributed by atoms with E-state index in [4.69, 9.17) is 4.42 Å². The van der Waals surface area contributed by atoms with E-state index in [1.807, 2.05) is 0 Å². The van der Waals surface area contributed by atoms with Gasteiger partial charge in [0.15, 0.2) is 17.2 Å². The van der Waals surface area contributed by atoms with E-state index < -0.39 is 11.2 Å². The van der Waals surface area contributed by atoms with Crippen molar-refractivity contribution < 1.29 is 8.81 Å². The predicted molar refractivity (Wildman–Crippen MR) is 104 cm³/mol. The number of benzene rings is 1. The first-order valence-electron chi connectivity index (χ1n) is 8.34. The Kier molecular flexibility index (Phi) is 4.60. The second-order valence-corrected chi connectivity index (χ2v) is 7.12. The molecular weight excluding hydrogens is 383 g/mol. The molecule has 7 nitrogen and oxygen atoms in total. The van der Waals surface area contributed by atoms with Gasteiger partial charge in [-0.05, 0) is 29.8 Å². The summed E-state index contributed by atoms with van der Waals surface area (Å²) in [5, 5.41) is 0.637. The van der Waals surface area contributed by atoms with Crippen LogP contribution in [0.1, 0.15) is 5.56 Å². The molecular formula is C19H15FN4O3S. The highest BCUT2D eigenvalue weighted by atomic mass is 32.2. The lowest BCUT2D eigenvalue weighted by Gasteiger charge is -2.11. The number of furan rings is 1. The maximum atomic E-state index is 13.5. The average Bonchev–Trinajstić information content (AvgIpc) is 3.23. The Bertz CT molecular complexity index is 1300. The Labute approximate surface area is 162 Å². The highest BCUT2D eigenvalue weighted by Gasteiger charge is 2.19. The first-order valence-corrected chi connectivity index (χ1v) is 9.33. The fraction of sp³-hybridized carbons (Fsp3) is 0.158. The lowest BCUT2D eigenvalue weighted by molar-refractivity contribution is 0.576. The van der Waals surface area contributed by atoms with E-state index in [9.17, 15) is 14.0 Å². The van der Waals surface area contributed by atoms with Gasteiger partial charge in [0.2, 0.25) is 0 Å². The van der Waals surface area contributed by atoms with Crippen LogP contribution in [0.15, 0.2) is 61.7 Å². The lowest BCUT2D eigenvalue weighted by Crippen LogP contribution is -2.37. The third-order valence-electron chi connectivity index (χ3n) is 4.27. The summed E-state index contributed by atoms with van der Waals surface area (Å²) in [5.74, 6) is 0.748. The summed E-state index contributed by atoms with van der Waals surface area (Å²) in [6, 6.07) is 9.61. The van der Waals surface area contributed by atoms with Gasteiger partial charge in [-0.25, -0.2) is 19.2 Å². The minimum Gasteiger partial charge on any atom is -0.461 e. The van der Waals surface area contributed by atoms with Gasteiger partial charge in [0.05, 0.1) is 6.26 Å². The Morgan fingerprint density at radius 1 is 1.11 bits per heavy atom. The fourth-order valence-corrected chi connectivity index (χ4v) is 3.78. The third-order valence-corrected chi connectivity index (χ3v) is 5.32. The standard InChI is InChI=1S/C19H15FN4O3S/c1-23-16-14(18(25)24(2)19(23)26)17(22-15(21-16)13-7-4-8-27-13)28-10-11-5-3-6-12(20)9-11/h3-9H,10H2,1-2H3. The van der Waals surface area contributed by atoms with E-state index >= 15 is 0 Å². The molecule has 3 aromatic heterocycles. The molecule has 0 aliphatic carbocycles. The molecule has 0 aliphatic heterocycles. The molecule has 4 rings (SSSR count). The molecule has 0 saturated carbocycles. The zero-order valence-electron chi connectivity index (χ0n) is 15.0. The Morgan fingerprint density at radius 2 is 1.93 bits per heavy atom. The molecule has 0 spiro atoms. The number of nitrogens with zero attached hydrogens (tertiary/aromatic N) is 4. The van der Waals surface area contributed by atoms with E-state index in [0.717, 1.165) is 10.1 Å². The molecule has 0 N–H and O–H groups in total. The van der Waals surface area contributed by atoms with Crippen molar-refractivity contribution in [2.45, 2.75) is 10.8 Å². The molecule has 3 heterocycles. The SMILES string of the molecule is Cn1c(=O)c2c(SCc3cccc(F)c3)nc(-c3ccco3)nc2n(C)c1=O. The molecule has 4 aromatic rings. The number of aromatic nitrogens is 4. The van der Waals surface area contributed by atoms with Crippen LogP contribution in [0.2, 0.25) is 0 Å². The summed E-state index contributed by atoms with van der Waals surface area (Å²) in [6.07, 6.45) is 1.49. The monoisotopic (exact) mass is 398 g/mol. The molecule has 0 fully saturated rings. The average molecular weight is 398 g/mol. The zero-order valence-corrected chi connectivity index (χ0v) is 15.9. The van der Waals surface area contributed by atoms with Crippen molar-refractivity contribution in [1.82, 2.24) is 19.1 Å². The number of rotatable bonds is 4. The maximum Gasteiger partial charge on any atom is 0.332 e. The van der Waals surface area contributed by atoms with Gasteiger partial charge in [0.1, 0.15) is 16.2 Å². The molecule has 0 atom stereocenters. The molecule has 28 heavy (non-hydrogen) atoms. The molecule has 0 amide bonds. The number of hydrogen-bond acceptors (Lipinski definition) is 6. The molecule has 0 bridgehead atoms. The summed E-state index contributed by atoms with van der Waals surface area (Å²) >= 11 is 1.27. The van der Waals surface area contributed by atoms with Gasteiger partial charge in [-0.15, -0.1) is 11.8 Å². The van der Waals surface area contributed by atoms with Gasteiger partial charge < -0.3 is 4.42 Å². The summed E-state index contributed by atoms with van der Waals surface area (Å²) in [5.41, 5.74) is 0.00251.